The van der Waals surface area contributed by atoms with E-state index >= 15 is 0 Å². The number of carbonyl (C=O) groups excluding carboxylic acids is 1. The van der Waals surface area contributed by atoms with Crippen molar-refractivity contribution in [1.29, 1.82) is 0 Å². The van der Waals surface area contributed by atoms with Crippen LogP contribution in [-0.2, 0) is 6.42 Å². The summed E-state index contributed by atoms with van der Waals surface area (Å²) in [4.78, 5) is 13.5. The third kappa shape index (κ3) is 3.68. The molecule has 24 heavy (non-hydrogen) atoms. The van der Waals surface area contributed by atoms with Crippen molar-refractivity contribution in [3.05, 3.63) is 70.1 Å². The van der Waals surface area contributed by atoms with Gasteiger partial charge in [-0.25, -0.2) is 0 Å². The van der Waals surface area contributed by atoms with E-state index in [1.807, 2.05) is 12.1 Å². The molecule has 0 saturated heterocycles. The van der Waals surface area contributed by atoms with Gasteiger partial charge in [-0.3, -0.25) is 4.79 Å². The third-order valence-electron chi connectivity index (χ3n) is 4.08. The van der Waals surface area contributed by atoms with E-state index in [0.29, 0.717) is 12.5 Å². The zero-order valence-corrected chi connectivity index (χ0v) is 15.2. The summed E-state index contributed by atoms with van der Waals surface area (Å²) in [6, 6.07) is 16.8. The molecule has 124 valence electrons. The number of hydrogen-bond acceptors (Lipinski definition) is 2. The summed E-state index contributed by atoms with van der Waals surface area (Å²) in [7, 11) is 0. The number of rotatable bonds is 5. The summed E-state index contributed by atoms with van der Waals surface area (Å²) in [5, 5.41) is 4.26. The van der Waals surface area contributed by atoms with Gasteiger partial charge >= 0.3 is 0 Å². The number of thiophene rings is 1. The number of amides is 1. The van der Waals surface area contributed by atoms with Gasteiger partial charge in [0, 0.05) is 11.2 Å². The van der Waals surface area contributed by atoms with E-state index in [1.165, 1.54) is 21.2 Å². The van der Waals surface area contributed by atoms with E-state index in [4.69, 9.17) is 0 Å². The molecule has 3 rings (SSSR count). The first-order chi connectivity index (χ1) is 11.5. The minimum atomic E-state index is 0.0482. The molecule has 2 nitrogen and oxygen atoms in total. The molecular weight excluding hydrogens is 314 g/mol. The molecule has 1 aromatic heterocycles. The Morgan fingerprint density at radius 2 is 1.79 bits per heavy atom. The van der Waals surface area contributed by atoms with Crippen LogP contribution in [0.2, 0.25) is 0 Å². The lowest BCUT2D eigenvalue weighted by Crippen LogP contribution is -2.27. The average Bonchev–Trinajstić information content (AvgIpc) is 2.93. The van der Waals surface area contributed by atoms with E-state index in [-0.39, 0.29) is 5.91 Å². The van der Waals surface area contributed by atoms with E-state index in [1.54, 1.807) is 11.3 Å². The van der Waals surface area contributed by atoms with Gasteiger partial charge in [-0.2, -0.15) is 0 Å². The first-order valence-corrected chi connectivity index (χ1v) is 9.20. The Kier molecular flexibility index (Phi) is 5.00. The number of fused-ring (bicyclic) bond motifs is 1. The number of nitrogens with one attached hydrogen (secondary N) is 1. The number of hydrogen-bond donors (Lipinski definition) is 1. The van der Waals surface area contributed by atoms with Crippen LogP contribution in [0.25, 0.3) is 10.1 Å². The standard InChI is InChI=1S/C21H23NOS/c1-14(2)13-22-21(23)20-18(12-16-10-8-15(3)9-11-16)17-6-4-5-7-19(17)24-20/h4-11,14H,12-13H2,1-3H3,(H,22,23). The molecule has 0 aliphatic carbocycles. The predicted octanol–water partition coefficient (Wildman–Crippen LogP) is 5.19. The molecule has 3 heteroatoms. The molecule has 0 fully saturated rings. The normalized spacial score (nSPS) is 11.2. The lowest BCUT2D eigenvalue weighted by Gasteiger charge is -2.09. The van der Waals surface area contributed by atoms with Gasteiger partial charge in [-0.05, 0) is 41.8 Å². The van der Waals surface area contributed by atoms with Crippen LogP contribution in [0.3, 0.4) is 0 Å². The summed E-state index contributed by atoms with van der Waals surface area (Å²) in [5.41, 5.74) is 3.63. The SMILES string of the molecule is Cc1ccc(Cc2c(C(=O)NCC(C)C)sc3ccccc23)cc1. The second-order valence-electron chi connectivity index (χ2n) is 6.67. The molecule has 0 radical (unpaired) electrons. The quantitative estimate of drug-likeness (QED) is 0.682. The fourth-order valence-corrected chi connectivity index (χ4v) is 3.88. The molecule has 0 aliphatic rings. The molecule has 1 N–H and O–H groups in total. The Morgan fingerprint density at radius 1 is 1.08 bits per heavy atom. The van der Waals surface area contributed by atoms with Crippen molar-refractivity contribution in [3.8, 4) is 0 Å². The Morgan fingerprint density at radius 3 is 2.50 bits per heavy atom. The first-order valence-electron chi connectivity index (χ1n) is 8.38. The Balaban J connectivity index is 1.98. The van der Waals surface area contributed by atoms with Crippen molar-refractivity contribution in [3.63, 3.8) is 0 Å². The first kappa shape index (κ1) is 16.7. The summed E-state index contributed by atoms with van der Waals surface area (Å²) in [6.07, 6.45) is 0.786. The van der Waals surface area contributed by atoms with Crippen LogP contribution in [0.5, 0.6) is 0 Å². The van der Waals surface area contributed by atoms with Crippen molar-refractivity contribution in [2.45, 2.75) is 27.2 Å². The van der Waals surface area contributed by atoms with Crippen LogP contribution in [0.15, 0.2) is 48.5 Å². The minimum Gasteiger partial charge on any atom is -0.351 e. The van der Waals surface area contributed by atoms with Crippen molar-refractivity contribution in [1.82, 2.24) is 5.32 Å². The highest BCUT2D eigenvalue weighted by atomic mass is 32.1. The third-order valence-corrected chi connectivity index (χ3v) is 5.29. The molecule has 0 saturated carbocycles. The fourth-order valence-electron chi connectivity index (χ4n) is 2.74. The van der Waals surface area contributed by atoms with Crippen LogP contribution in [-0.4, -0.2) is 12.5 Å². The Labute approximate surface area is 147 Å². The summed E-state index contributed by atoms with van der Waals surface area (Å²) in [5.74, 6) is 0.496. The maximum Gasteiger partial charge on any atom is 0.261 e. The molecule has 0 aliphatic heterocycles. The Hall–Kier alpha value is -2.13. The fraction of sp³-hybridized carbons (Fsp3) is 0.286. The smallest absolute Gasteiger partial charge is 0.261 e. The van der Waals surface area contributed by atoms with Crippen molar-refractivity contribution in [2.75, 3.05) is 6.54 Å². The highest BCUT2D eigenvalue weighted by molar-refractivity contribution is 7.21. The Bertz CT molecular complexity index is 846. The van der Waals surface area contributed by atoms with E-state index < -0.39 is 0 Å². The van der Waals surface area contributed by atoms with Gasteiger partial charge in [0.05, 0.1) is 4.88 Å². The molecule has 1 amide bonds. The maximum atomic E-state index is 12.7. The average molecular weight is 337 g/mol. The van der Waals surface area contributed by atoms with Crippen molar-refractivity contribution in [2.24, 2.45) is 5.92 Å². The zero-order chi connectivity index (χ0) is 17.1. The molecule has 3 aromatic rings. The van der Waals surface area contributed by atoms with Crippen LogP contribution >= 0.6 is 11.3 Å². The topological polar surface area (TPSA) is 29.1 Å². The number of benzene rings is 2. The predicted molar refractivity (Wildman–Crippen MR) is 103 cm³/mol. The highest BCUT2D eigenvalue weighted by Crippen LogP contribution is 2.33. The molecule has 0 bridgehead atoms. The van der Waals surface area contributed by atoms with Gasteiger partial charge < -0.3 is 5.32 Å². The highest BCUT2D eigenvalue weighted by Gasteiger charge is 2.18. The molecule has 0 atom stereocenters. The van der Waals surface area contributed by atoms with Gasteiger partial charge in [0.15, 0.2) is 0 Å². The summed E-state index contributed by atoms with van der Waals surface area (Å²) >= 11 is 1.59. The van der Waals surface area contributed by atoms with E-state index in [0.717, 1.165) is 16.9 Å². The molecule has 1 heterocycles. The van der Waals surface area contributed by atoms with Crippen LogP contribution in [0.4, 0.5) is 0 Å². The monoisotopic (exact) mass is 337 g/mol. The van der Waals surface area contributed by atoms with Crippen LogP contribution < -0.4 is 5.32 Å². The second-order valence-corrected chi connectivity index (χ2v) is 7.72. The van der Waals surface area contributed by atoms with Crippen molar-refractivity contribution < 1.29 is 4.79 Å². The van der Waals surface area contributed by atoms with Crippen molar-refractivity contribution >= 4 is 27.3 Å². The minimum absolute atomic E-state index is 0.0482. The zero-order valence-electron chi connectivity index (χ0n) is 14.4. The van der Waals surface area contributed by atoms with Crippen LogP contribution in [0, 0.1) is 12.8 Å². The van der Waals surface area contributed by atoms with Crippen LogP contribution in [0.1, 0.15) is 40.2 Å². The number of carbonyl (C=O) groups is 1. The van der Waals surface area contributed by atoms with Gasteiger partial charge in [0.25, 0.3) is 5.91 Å². The molecular formula is C21H23NOS. The van der Waals surface area contributed by atoms with Gasteiger partial charge in [-0.15, -0.1) is 11.3 Å². The second kappa shape index (κ2) is 7.18. The molecule has 2 aromatic carbocycles. The van der Waals surface area contributed by atoms with Gasteiger partial charge in [-0.1, -0.05) is 61.9 Å². The number of aryl methyl sites for hydroxylation is 1. The maximum absolute atomic E-state index is 12.7. The summed E-state index contributed by atoms with van der Waals surface area (Å²) < 4.78 is 1.18. The largest absolute Gasteiger partial charge is 0.351 e. The van der Waals surface area contributed by atoms with E-state index in [2.05, 4.69) is 62.5 Å². The lowest BCUT2D eigenvalue weighted by atomic mass is 10.0. The molecule has 0 spiro atoms. The lowest BCUT2D eigenvalue weighted by molar-refractivity contribution is 0.0952. The van der Waals surface area contributed by atoms with Gasteiger partial charge in [0.2, 0.25) is 0 Å². The summed E-state index contributed by atoms with van der Waals surface area (Å²) in [6.45, 7) is 7.02. The van der Waals surface area contributed by atoms with Gasteiger partial charge in [0.1, 0.15) is 0 Å². The molecule has 0 unspecified atom stereocenters. The van der Waals surface area contributed by atoms with E-state index in [9.17, 15) is 4.79 Å².